The molecule has 0 radical (unpaired) electrons. The van der Waals surface area contributed by atoms with Gasteiger partial charge in [-0.15, -0.1) is 0 Å². The van der Waals surface area contributed by atoms with Crippen LogP contribution in [0.3, 0.4) is 0 Å². The predicted molar refractivity (Wildman–Crippen MR) is 75.4 cm³/mol. The van der Waals surface area contributed by atoms with Crippen molar-refractivity contribution in [2.75, 3.05) is 20.8 Å². The maximum Gasteiger partial charge on any atom is 0.122 e. The molecule has 0 fully saturated rings. The molecule has 0 bridgehead atoms. The molecule has 0 saturated carbocycles. The molecule has 0 heterocycles. The van der Waals surface area contributed by atoms with E-state index in [2.05, 4.69) is 45.1 Å². The van der Waals surface area contributed by atoms with Crippen LogP contribution in [0.15, 0.2) is 12.1 Å². The van der Waals surface area contributed by atoms with E-state index in [4.69, 9.17) is 9.47 Å². The van der Waals surface area contributed by atoms with Crippen molar-refractivity contribution in [1.29, 1.82) is 0 Å². The molecule has 102 valence electrons. The summed E-state index contributed by atoms with van der Waals surface area (Å²) in [5, 5.41) is 3.31. The summed E-state index contributed by atoms with van der Waals surface area (Å²) < 4.78 is 11.0. The largest absolute Gasteiger partial charge is 0.496 e. The fourth-order valence-corrected chi connectivity index (χ4v) is 2.02. The van der Waals surface area contributed by atoms with Gasteiger partial charge in [0.15, 0.2) is 0 Å². The Morgan fingerprint density at radius 2 is 1.83 bits per heavy atom. The van der Waals surface area contributed by atoms with Crippen molar-refractivity contribution >= 4 is 0 Å². The minimum absolute atomic E-state index is 0.219. The highest BCUT2D eigenvalue weighted by Gasteiger charge is 2.15. The van der Waals surface area contributed by atoms with Gasteiger partial charge in [-0.25, -0.2) is 0 Å². The van der Waals surface area contributed by atoms with Crippen LogP contribution < -0.4 is 10.1 Å². The molecule has 3 nitrogen and oxygen atoms in total. The van der Waals surface area contributed by atoms with E-state index in [1.54, 1.807) is 7.11 Å². The number of likely N-dealkylation sites (N-methyl/N-ethyl adjacent to an activating group) is 1. The number of hydrogen-bond acceptors (Lipinski definition) is 3. The second-order valence-corrected chi connectivity index (χ2v) is 4.90. The standard InChI is InChI=1S/C15H25NO2/c1-10(2)18-9-14(16-5)13-7-12(4)15(17-6)8-11(13)3/h7-8,10,14,16H,9H2,1-6H3. The quantitative estimate of drug-likeness (QED) is 0.843. The molecule has 1 N–H and O–H groups in total. The van der Waals surface area contributed by atoms with Gasteiger partial charge in [0.25, 0.3) is 0 Å². The van der Waals surface area contributed by atoms with Crippen LogP contribution in [0.25, 0.3) is 0 Å². The zero-order chi connectivity index (χ0) is 13.7. The van der Waals surface area contributed by atoms with Crippen LogP contribution in [-0.4, -0.2) is 26.9 Å². The Morgan fingerprint density at radius 3 is 2.33 bits per heavy atom. The predicted octanol–water partition coefficient (Wildman–Crippen LogP) is 3.00. The summed E-state index contributed by atoms with van der Waals surface area (Å²) in [5.74, 6) is 0.941. The fraction of sp³-hybridized carbons (Fsp3) is 0.600. The van der Waals surface area contributed by atoms with Crippen LogP contribution in [0.4, 0.5) is 0 Å². The number of benzene rings is 1. The van der Waals surface area contributed by atoms with E-state index in [1.807, 2.05) is 7.05 Å². The second-order valence-electron chi connectivity index (χ2n) is 4.90. The molecule has 1 rings (SSSR count). The molecule has 1 unspecified atom stereocenters. The van der Waals surface area contributed by atoms with Crippen LogP contribution in [0.1, 0.15) is 36.6 Å². The van der Waals surface area contributed by atoms with Gasteiger partial charge in [0.05, 0.1) is 25.9 Å². The fourth-order valence-electron chi connectivity index (χ4n) is 2.02. The van der Waals surface area contributed by atoms with Gasteiger partial charge in [-0.2, -0.15) is 0 Å². The molecular weight excluding hydrogens is 226 g/mol. The molecule has 0 spiro atoms. The zero-order valence-electron chi connectivity index (χ0n) is 12.3. The third-order valence-electron chi connectivity index (χ3n) is 3.10. The molecule has 0 aliphatic heterocycles. The summed E-state index contributed by atoms with van der Waals surface area (Å²) in [7, 11) is 3.67. The van der Waals surface area contributed by atoms with Crippen molar-refractivity contribution in [2.45, 2.75) is 39.8 Å². The van der Waals surface area contributed by atoms with E-state index in [1.165, 1.54) is 11.1 Å². The van der Waals surface area contributed by atoms with Crippen molar-refractivity contribution < 1.29 is 9.47 Å². The first-order valence-corrected chi connectivity index (χ1v) is 6.43. The molecule has 0 saturated heterocycles. The lowest BCUT2D eigenvalue weighted by Crippen LogP contribution is -2.24. The van der Waals surface area contributed by atoms with Crippen LogP contribution in [-0.2, 0) is 4.74 Å². The smallest absolute Gasteiger partial charge is 0.122 e. The van der Waals surface area contributed by atoms with Crippen LogP contribution in [0, 0.1) is 13.8 Å². The summed E-state index contributed by atoms with van der Waals surface area (Å²) >= 11 is 0. The van der Waals surface area contributed by atoms with Gasteiger partial charge in [0, 0.05) is 0 Å². The average molecular weight is 251 g/mol. The summed E-state index contributed by atoms with van der Waals surface area (Å²) in [6.07, 6.45) is 0.250. The van der Waals surface area contributed by atoms with Crippen molar-refractivity contribution in [3.05, 3.63) is 28.8 Å². The monoisotopic (exact) mass is 251 g/mol. The minimum Gasteiger partial charge on any atom is -0.496 e. The Bertz CT molecular complexity index is 388. The Kier molecular flexibility index (Phi) is 5.63. The van der Waals surface area contributed by atoms with Crippen molar-refractivity contribution in [1.82, 2.24) is 5.32 Å². The lowest BCUT2D eigenvalue weighted by molar-refractivity contribution is 0.0625. The van der Waals surface area contributed by atoms with Gasteiger partial charge in [0.2, 0.25) is 0 Å². The molecule has 3 heteroatoms. The Labute approximate surface area is 110 Å². The highest BCUT2D eigenvalue weighted by molar-refractivity contribution is 5.42. The maximum atomic E-state index is 5.71. The third kappa shape index (κ3) is 3.72. The highest BCUT2D eigenvalue weighted by Crippen LogP contribution is 2.26. The molecule has 18 heavy (non-hydrogen) atoms. The molecule has 0 aromatic heterocycles. The first-order chi connectivity index (χ1) is 8.49. The van der Waals surface area contributed by atoms with Crippen molar-refractivity contribution in [3.63, 3.8) is 0 Å². The zero-order valence-corrected chi connectivity index (χ0v) is 12.3. The van der Waals surface area contributed by atoms with E-state index in [0.29, 0.717) is 6.61 Å². The van der Waals surface area contributed by atoms with Crippen LogP contribution >= 0.6 is 0 Å². The lowest BCUT2D eigenvalue weighted by Gasteiger charge is -2.21. The summed E-state index contributed by atoms with van der Waals surface area (Å²) in [4.78, 5) is 0. The van der Waals surface area contributed by atoms with Crippen LogP contribution in [0.5, 0.6) is 5.75 Å². The first kappa shape index (κ1) is 15.0. The maximum absolute atomic E-state index is 5.71. The Balaban J connectivity index is 2.95. The molecule has 1 aromatic carbocycles. The van der Waals surface area contributed by atoms with Crippen molar-refractivity contribution in [2.24, 2.45) is 0 Å². The summed E-state index contributed by atoms with van der Waals surface area (Å²) in [6, 6.07) is 4.49. The highest BCUT2D eigenvalue weighted by atomic mass is 16.5. The van der Waals surface area contributed by atoms with Gasteiger partial charge in [-0.05, 0) is 57.5 Å². The summed E-state index contributed by atoms with van der Waals surface area (Å²) in [5.41, 5.74) is 3.66. The van der Waals surface area contributed by atoms with Gasteiger partial charge >= 0.3 is 0 Å². The van der Waals surface area contributed by atoms with E-state index < -0.39 is 0 Å². The van der Waals surface area contributed by atoms with Crippen LogP contribution in [0.2, 0.25) is 0 Å². The molecular formula is C15H25NO2. The van der Waals surface area contributed by atoms with Gasteiger partial charge in [0.1, 0.15) is 5.75 Å². The van der Waals surface area contributed by atoms with Crippen molar-refractivity contribution in [3.8, 4) is 5.75 Å². The van der Waals surface area contributed by atoms with E-state index in [9.17, 15) is 0 Å². The normalized spacial score (nSPS) is 12.8. The van der Waals surface area contributed by atoms with Gasteiger partial charge in [-0.1, -0.05) is 6.07 Å². The number of ether oxygens (including phenoxy) is 2. The van der Waals surface area contributed by atoms with E-state index in [-0.39, 0.29) is 12.1 Å². The Hall–Kier alpha value is -1.06. The number of hydrogen-bond donors (Lipinski definition) is 1. The molecule has 0 aliphatic rings. The van der Waals surface area contributed by atoms with Gasteiger partial charge in [-0.3, -0.25) is 0 Å². The Morgan fingerprint density at radius 1 is 1.17 bits per heavy atom. The minimum atomic E-state index is 0.219. The first-order valence-electron chi connectivity index (χ1n) is 6.43. The van der Waals surface area contributed by atoms with E-state index in [0.717, 1.165) is 11.3 Å². The third-order valence-corrected chi connectivity index (χ3v) is 3.10. The topological polar surface area (TPSA) is 30.5 Å². The molecule has 1 atom stereocenters. The summed E-state index contributed by atoms with van der Waals surface area (Å²) in [6.45, 7) is 8.97. The molecule has 0 amide bonds. The molecule has 1 aromatic rings. The number of rotatable bonds is 6. The number of aryl methyl sites for hydroxylation is 2. The number of nitrogens with one attached hydrogen (secondary N) is 1. The lowest BCUT2D eigenvalue weighted by atomic mass is 9.98. The average Bonchev–Trinajstić information content (AvgIpc) is 2.33. The van der Waals surface area contributed by atoms with Gasteiger partial charge < -0.3 is 14.8 Å². The molecule has 0 aliphatic carbocycles. The number of methoxy groups -OCH3 is 1. The van der Waals surface area contributed by atoms with E-state index >= 15 is 0 Å². The second kappa shape index (κ2) is 6.76. The SMILES string of the molecule is CNC(COC(C)C)c1cc(C)c(OC)cc1C.